The van der Waals surface area contributed by atoms with Crippen LogP contribution in [-0.2, 0) is 9.59 Å². The molecule has 6 nitrogen and oxygen atoms in total. The van der Waals surface area contributed by atoms with Crippen LogP contribution in [-0.4, -0.2) is 55.3 Å². The number of azo groups is 2. The van der Waals surface area contributed by atoms with Crippen LogP contribution in [0.4, 0.5) is 0 Å². The molecule has 0 fully saturated rings. The number of hydrogen-bond donors (Lipinski definition) is 0. The van der Waals surface area contributed by atoms with Gasteiger partial charge in [-0.3, -0.25) is 4.79 Å². The van der Waals surface area contributed by atoms with Crippen LogP contribution in [0.25, 0.3) is 0 Å². The van der Waals surface area contributed by atoms with E-state index in [2.05, 4.69) is 5.11 Å². The fourth-order valence-corrected chi connectivity index (χ4v) is 1.21. The van der Waals surface area contributed by atoms with Crippen LogP contribution >= 0.6 is 0 Å². The Morgan fingerprint density at radius 2 is 2.00 bits per heavy atom. The molecule has 0 bridgehead atoms. The van der Waals surface area contributed by atoms with E-state index in [1.165, 1.54) is 12.5 Å². The maximum absolute atomic E-state index is 10.5. The second kappa shape index (κ2) is 7.58. The van der Waals surface area contributed by atoms with Crippen LogP contribution in [0.15, 0.2) is 29.0 Å². The van der Waals surface area contributed by atoms with Gasteiger partial charge in [-0.05, 0) is 18.6 Å². The first-order valence-electron chi connectivity index (χ1n) is 5.94. The molecule has 6 heteroatoms. The molecule has 0 aromatic carbocycles. The molecule has 0 spiro atoms. The summed E-state index contributed by atoms with van der Waals surface area (Å²) in [5.74, 6) is -1.17. The molecule has 1 heterocycles. The minimum atomic E-state index is -1.00. The molecule has 0 radical (unpaired) electrons. The monoisotopic (exact) mass is 268 g/mol. The van der Waals surface area contributed by atoms with Crippen molar-refractivity contribution in [2.45, 2.75) is 13.8 Å². The van der Waals surface area contributed by atoms with Crippen LogP contribution < -0.4 is 5.11 Å². The largest absolute Gasteiger partial charge is 0.544 e. The molecule has 0 saturated heterocycles. The fraction of sp³-hybridized carbons (Fsp3) is 0.538. The molecule has 0 N–H and O–H groups in total. The van der Waals surface area contributed by atoms with Crippen molar-refractivity contribution in [3.8, 4) is 0 Å². The predicted molar refractivity (Wildman–Crippen MR) is 69.0 cm³/mol. The van der Waals surface area contributed by atoms with Gasteiger partial charge in [-0.1, -0.05) is 4.70 Å². The van der Waals surface area contributed by atoms with Crippen molar-refractivity contribution in [1.29, 1.82) is 0 Å². The predicted octanol–water partition coefficient (Wildman–Crippen LogP) is -0.0863. The summed E-state index contributed by atoms with van der Waals surface area (Å²) in [6.07, 6.45) is 5.75. The first kappa shape index (κ1) is 17.2. The summed E-state index contributed by atoms with van der Waals surface area (Å²) in [7, 11) is 5.40. The van der Waals surface area contributed by atoms with Crippen LogP contribution in [0.5, 0.6) is 0 Å². The van der Waals surface area contributed by atoms with Crippen molar-refractivity contribution < 1.29 is 23.9 Å². The van der Waals surface area contributed by atoms with Gasteiger partial charge in [0.15, 0.2) is 12.7 Å². The van der Waals surface area contributed by atoms with E-state index < -0.39 is 5.97 Å². The maximum atomic E-state index is 10.5. The van der Waals surface area contributed by atoms with E-state index in [1.54, 1.807) is 32.0 Å². The number of carbonyl (C=O) groups is 2. The zero-order valence-electron chi connectivity index (χ0n) is 12.2. The molecule has 106 valence electrons. The Morgan fingerprint density at radius 3 is 2.26 bits per heavy atom. The fourth-order valence-electron chi connectivity index (χ4n) is 1.21. The molecule has 1 rings (SSSR count). The van der Waals surface area contributed by atoms with Gasteiger partial charge in [0.05, 0.1) is 27.1 Å². The molecule has 1 aliphatic heterocycles. The number of quaternary nitrogens is 1. The van der Waals surface area contributed by atoms with Gasteiger partial charge in [0.25, 0.3) is 0 Å². The van der Waals surface area contributed by atoms with Gasteiger partial charge in [0.2, 0.25) is 0 Å². The van der Waals surface area contributed by atoms with Gasteiger partial charge in [-0.2, -0.15) is 0 Å². The lowest BCUT2D eigenvalue weighted by Gasteiger charge is -2.23. The number of carboxylic acid groups (broad SMARTS) is 1. The zero-order valence-corrected chi connectivity index (χ0v) is 12.2. The summed E-state index contributed by atoms with van der Waals surface area (Å²) in [5.41, 5.74) is 1.21. The highest BCUT2D eigenvalue weighted by molar-refractivity contribution is 5.72. The number of likely N-dealkylation sites (N-methyl/N-ethyl adjacent to an activating group) is 1. The zero-order chi connectivity index (χ0) is 15.1. The molecule has 0 aromatic rings. The molecule has 0 atom stereocenters. The standard InChI is InChI=1S/C8H11N2O.C5H11NO2/c1-7-3-5-10(6-4-7)9-8(2)11;1-6(2,3)4-5(7)8/h3-5H,6H2,1-2H3;4H2,1-3H3/q+1;. The van der Waals surface area contributed by atoms with E-state index in [1.807, 2.05) is 19.1 Å². The lowest BCUT2D eigenvalue weighted by atomic mass is 10.2. The Labute approximate surface area is 113 Å². The van der Waals surface area contributed by atoms with Gasteiger partial charge in [0.1, 0.15) is 6.54 Å². The number of nitrogens with zero attached hydrogens (tertiary/aromatic N) is 3. The maximum Gasteiger partial charge on any atom is 0.305 e. The average molecular weight is 268 g/mol. The number of carbonyl (C=O) groups excluding carboxylic acids is 2. The summed E-state index contributed by atoms with van der Waals surface area (Å²) in [6, 6.07) is 0. The van der Waals surface area contributed by atoms with E-state index >= 15 is 0 Å². The Hall–Kier alpha value is -1.82. The molecule has 0 aromatic heterocycles. The van der Waals surface area contributed by atoms with Crippen molar-refractivity contribution in [3.63, 3.8) is 0 Å². The normalized spacial score (nSPS) is 16.5. The van der Waals surface area contributed by atoms with E-state index in [0.717, 1.165) is 0 Å². The Kier molecular flexibility index (Phi) is 6.85. The molecular weight excluding hydrogens is 246 g/mol. The van der Waals surface area contributed by atoms with Crippen LogP contribution in [0.1, 0.15) is 13.8 Å². The van der Waals surface area contributed by atoms with Gasteiger partial charge in [-0.25, -0.2) is 0 Å². The topological polar surface area (TPSA) is 72.6 Å². The number of aliphatic carboxylic acids is 1. The molecule has 0 saturated carbocycles. The second-order valence-electron chi connectivity index (χ2n) is 5.33. The first-order chi connectivity index (χ1) is 8.60. The van der Waals surface area contributed by atoms with Crippen molar-refractivity contribution >= 4 is 11.9 Å². The highest BCUT2D eigenvalue weighted by atomic mass is 16.4. The van der Waals surface area contributed by atoms with Crippen molar-refractivity contribution in [3.05, 3.63) is 23.9 Å². The Balaban J connectivity index is 0.000000362. The molecule has 0 unspecified atom stereocenters. The highest BCUT2D eigenvalue weighted by Crippen LogP contribution is 2.01. The number of hydrogen-bond acceptors (Lipinski definition) is 3. The second-order valence-corrected chi connectivity index (χ2v) is 5.33. The lowest BCUT2D eigenvalue weighted by molar-refractivity contribution is -0.864. The molecule has 1 amide bonds. The van der Waals surface area contributed by atoms with Crippen LogP contribution in [0.2, 0.25) is 0 Å². The van der Waals surface area contributed by atoms with Gasteiger partial charge in [0, 0.05) is 18.1 Å². The van der Waals surface area contributed by atoms with Crippen molar-refractivity contribution in [2.24, 2.45) is 5.11 Å². The summed E-state index contributed by atoms with van der Waals surface area (Å²) in [4.78, 5) is 20.4. The summed E-state index contributed by atoms with van der Waals surface area (Å²) < 4.78 is 2.04. The summed E-state index contributed by atoms with van der Waals surface area (Å²) in [5, 5.41) is 13.6. The minimum Gasteiger partial charge on any atom is -0.544 e. The third-order valence-corrected chi connectivity index (χ3v) is 1.98. The highest BCUT2D eigenvalue weighted by Gasteiger charge is 2.06. The molecule has 1 aliphatic rings. The Bertz CT molecular complexity index is 429. The number of rotatable bonds is 2. The van der Waals surface area contributed by atoms with E-state index in [9.17, 15) is 14.7 Å². The molecular formula is C13H22N3O3+. The number of allylic oxidation sites excluding steroid dienone is 2. The van der Waals surface area contributed by atoms with E-state index in [-0.39, 0.29) is 12.5 Å². The summed E-state index contributed by atoms with van der Waals surface area (Å²) >= 11 is 0. The van der Waals surface area contributed by atoms with Gasteiger partial charge in [-0.15, -0.1) is 0 Å². The van der Waals surface area contributed by atoms with Gasteiger partial charge >= 0.3 is 5.91 Å². The van der Waals surface area contributed by atoms with Crippen molar-refractivity contribution in [1.82, 2.24) is 0 Å². The first-order valence-corrected chi connectivity index (χ1v) is 5.94. The summed E-state index contributed by atoms with van der Waals surface area (Å²) in [6.45, 7) is 4.22. The lowest BCUT2D eigenvalue weighted by Crippen LogP contribution is -2.45. The van der Waals surface area contributed by atoms with E-state index in [0.29, 0.717) is 11.0 Å². The Morgan fingerprint density at radius 1 is 1.42 bits per heavy atom. The average Bonchev–Trinajstić information content (AvgIpc) is 2.18. The van der Waals surface area contributed by atoms with E-state index in [4.69, 9.17) is 0 Å². The molecule has 19 heavy (non-hydrogen) atoms. The van der Waals surface area contributed by atoms with Crippen LogP contribution in [0.3, 0.4) is 0 Å². The number of carboxylic acids is 1. The van der Waals surface area contributed by atoms with Gasteiger partial charge < -0.3 is 14.4 Å². The molecule has 0 aliphatic carbocycles. The quantitative estimate of drug-likeness (QED) is 0.519. The smallest absolute Gasteiger partial charge is 0.305 e. The minimum absolute atomic E-state index is 0.0694. The third kappa shape index (κ3) is 11.0. The number of amides is 1. The van der Waals surface area contributed by atoms with Crippen LogP contribution in [0, 0.1) is 0 Å². The third-order valence-electron chi connectivity index (χ3n) is 1.98. The van der Waals surface area contributed by atoms with Crippen molar-refractivity contribution in [2.75, 3.05) is 34.2 Å². The SMILES string of the molecule is CC(=O)N=[N+]1C=CC(C)=CC1.C[N+](C)(C)CC(=O)[O-].